The molecule has 1 aromatic carbocycles. The molecule has 2 rings (SSSR count). The average molecular weight is 354 g/mol. The number of aromatic carboxylic acids is 1. The molecule has 2 aromatic rings. The van der Waals surface area contributed by atoms with Crippen LogP contribution < -0.4 is 3.02 Å². The van der Waals surface area contributed by atoms with Crippen molar-refractivity contribution < 1.29 is 9.90 Å². The molecule has 0 fully saturated rings. The van der Waals surface area contributed by atoms with Gasteiger partial charge in [0.2, 0.25) is 0 Å². The molecule has 0 aliphatic rings. The van der Waals surface area contributed by atoms with Crippen LogP contribution in [-0.4, -0.2) is 35.8 Å². The molecular weight excluding hydrogens is 341 g/mol. The third-order valence-corrected chi connectivity index (χ3v) is 10.7. The number of rotatable bonds is 3. The summed E-state index contributed by atoms with van der Waals surface area (Å²) in [7, 11) is 0. The van der Waals surface area contributed by atoms with Gasteiger partial charge < -0.3 is 0 Å². The van der Waals surface area contributed by atoms with Gasteiger partial charge in [-0.25, -0.2) is 0 Å². The molecule has 1 heterocycles. The number of hydrogen-bond acceptors (Lipinski definition) is 3. The minimum absolute atomic E-state index is 0.210. The Morgan fingerprint density at radius 3 is 2.47 bits per heavy atom. The maximum atomic E-state index is 11.2. The molecule has 0 spiro atoms. The van der Waals surface area contributed by atoms with Gasteiger partial charge in [0.15, 0.2) is 0 Å². The molecule has 0 aliphatic heterocycles. The maximum absolute atomic E-state index is 11.2. The van der Waals surface area contributed by atoms with Crippen LogP contribution >= 0.6 is 11.3 Å². The van der Waals surface area contributed by atoms with Crippen molar-refractivity contribution in [2.24, 2.45) is 0 Å². The number of benzene rings is 1. The van der Waals surface area contributed by atoms with Crippen molar-refractivity contribution in [1.82, 2.24) is 4.98 Å². The van der Waals surface area contributed by atoms with E-state index in [4.69, 9.17) is 0 Å². The number of carbonyl (C=O) groups is 1. The molecule has 0 saturated heterocycles. The molecule has 0 radical (unpaired) electrons. The van der Waals surface area contributed by atoms with E-state index < -0.39 is 25.7 Å². The summed E-state index contributed by atoms with van der Waals surface area (Å²) in [5.41, 5.74) is 1.15. The summed E-state index contributed by atoms with van der Waals surface area (Å²) >= 11 is -0.173. The van der Waals surface area contributed by atoms with E-state index in [-0.39, 0.29) is 5.69 Å². The Balaban J connectivity index is 2.56. The molecule has 1 aromatic heterocycles. The van der Waals surface area contributed by atoms with Crippen LogP contribution in [0.2, 0.25) is 9.88 Å². The van der Waals surface area contributed by atoms with Gasteiger partial charge in [-0.05, 0) is 0 Å². The summed E-state index contributed by atoms with van der Waals surface area (Å²) in [5.74, 6) is -0.932. The van der Waals surface area contributed by atoms with Gasteiger partial charge in [-0.1, -0.05) is 0 Å². The Kier molecular flexibility index (Phi) is 3.83. The number of carboxylic acids is 1. The number of carboxylic acid groups (broad SMARTS) is 1. The molecule has 17 heavy (non-hydrogen) atoms. The van der Waals surface area contributed by atoms with Crippen LogP contribution in [0.1, 0.15) is 10.5 Å². The second kappa shape index (κ2) is 5.18. The van der Waals surface area contributed by atoms with Gasteiger partial charge in [-0.15, -0.1) is 0 Å². The molecule has 5 heteroatoms. The van der Waals surface area contributed by atoms with Crippen LogP contribution in [0.4, 0.5) is 0 Å². The van der Waals surface area contributed by atoms with E-state index in [0.29, 0.717) is 0 Å². The van der Waals surface area contributed by atoms with Crippen molar-refractivity contribution >= 4 is 40.1 Å². The first-order valence-electron chi connectivity index (χ1n) is 5.39. The molecule has 3 nitrogen and oxygen atoms in total. The van der Waals surface area contributed by atoms with Crippen LogP contribution in [0.15, 0.2) is 30.3 Å². The Labute approximate surface area is 111 Å². The molecule has 1 N–H and O–H groups in total. The fourth-order valence-electron chi connectivity index (χ4n) is 1.51. The van der Waals surface area contributed by atoms with Gasteiger partial charge >= 0.3 is 111 Å². The predicted molar refractivity (Wildman–Crippen MR) is 73.0 cm³/mol. The normalized spacial score (nSPS) is 10.8. The number of aromatic nitrogens is 1. The minimum atomic E-state index is -1.72. The van der Waals surface area contributed by atoms with E-state index in [9.17, 15) is 9.90 Å². The van der Waals surface area contributed by atoms with Crippen LogP contribution in [0.25, 0.3) is 10.4 Å². The molecular formula is C12H13NO2SSn. The van der Waals surface area contributed by atoms with E-state index in [1.54, 1.807) is 11.3 Å². The third-order valence-electron chi connectivity index (χ3n) is 2.38. The average Bonchev–Trinajstić information content (AvgIpc) is 2.75. The van der Waals surface area contributed by atoms with Crippen molar-refractivity contribution in [2.45, 2.75) is 9.88 Å². The summed E-state index contributed by atoms with van der Waals surface area (Å²) < 4.78 is 1.07. The van der Waals surface area contributed by atoms with Gasteiger partial charge in [0, 0.05) is 0 Å². The number of thiazole rings is 1. The molecule has 0 amide bonds. The molecule has 0 unspecified atom stereocenters. The fourth-order valence-corrected chi connectivity index (χ4v) is 6.71. The first kappa shape index (κ1) is 12.6. The van der Waals surface area contributed by atoms with E-state index >= 15 is 0 Å². The van der Waals surface area contributed by atoms with Crippen molar-refractivity contribution in [3.05, 3.63) is 36.0 Å². The van der Waals surface area contributed by atoms with E-state index in [1.807, 2.05) is 30.3 Å². The summed E-state index contributed by atoms with van der Waals surface area (Å²) in [6.07, 6.45) is 0. The van der Waals surface area contributed by atoms with Gasteiger partial charge in [-0.3, -0.25) is 0 Å². The second-order valence-corrected chi connectivity index (χ2v) is 14.4. The standard InChI is InChI=1S/C10H6NO2S.2CH3.Sn.H/c12-10(13)8-9(14-6-11-8)7-4-2-1-3-5-7;;;;/h1-5H,(H,12,13);2*1H3;;. The monoisotopic (exact) mass is 355 g/mol. The first-order valence-corrected chi connectivity index (χ1v) is 14.4. The van der Waals surface area contributed by atoms with Crippen LogP contribution in [0, 0.1) is 0 Å². The summed E-state index contributed by atoms with van der Waals surface area (Å²) in [6, 6.07) is 9.62. The quantitative estimate of drug-likeness (QED) is 0.860. The van der Waals surface area contributed by atoms with Gasteiger partial charge in [0.25, 0.3) is 0 Å². The topological polar surface area (TPSA) is 50.2 Å². The van der Waals surface area contributed by atoms with Gasteiger partial charge in [0.05, 0.1) is 0 Å². The zero-order valence-corrected chi connectivity index (χ0v) is 13.8. The summed E-state index contributed by atoms with van der Waals surface area (Å²) in [5, 5.41) is 9.19. The van der Waals surface area contributed by atoms with Gasteiger partial charge in [0.1, 0.15) is 0 Å². The van der Waals surface area contributed by atoms with Crippen LogP contribution in [0.3, 0.4) is 0 Å². The van der Waals surface area contributed by atoms with E-state index in [0.717, 1.165) is 13.5 Å². The van der Waals surface area contributed by atoms with Crippen molar-refractivity contribution in [2.75, 3.05) is 0 Å². The molecule has 88 valence electrons. The molecule has 0 saturated carbocycles. The molecule has 0 bridgehead atoms. The second-order valence-electron chi connectivity index (χ2n) is 4.06. The molecule has 0 aliphatic carbocycles. The Bertz CT molecular complexity index is 537. The van der Waals surface area contributed by atoms with E-state index in [2.05, 4.69) is 14.9 Å². The van der Waals surface area contributed by atoms with Crippen LogP contribution in [0.5, 0.6) is 0 Å². The fraction of sp³-hybridized carbons (Fsp3) is 0.167. The van der Waals surface area contributed by atoms with Crippen LogP contribution in [-0.2, 0) is 0 Å². The van der Waals surface area contributed by atoms with Gasteiger partial charge in [-0.2, -0.15) is 0 Å². The summed E-state index contributed by atoms with van der Waals surface area (Å²) in [6.45, 7) is 0. The Hall–Kier alpha value is -0.881. The number of nitrogens with zero attached hydrogens (tertiary/aromatic N) is 1. The van der Waals surface area contributed by atoms with Crippen molar-refractivity contribution in [1.29, 1.82) is 0 Å². The predicted octanol–water partition coefficient (Wildman–Crippen LogP) is 2.20. The summed E-state index contributed by atoms with van der Waals surface area (Å²) in [4.78, 5) is 20.7. The molecule has 0 atom stereocenters. The number of hydrogen-bond donors (Lipinski definition) is 1. The van der Waals surface area contributed by atoms with Crippen molar-refractivity contribution in [3.8, 4) is 10.4 Å². The van der Waals surface area contributed by atoms with Crippen molar-refractivity contribution in [3.63, 3.8) is 0 Å². The Morgan fingerprint density at radius 1 is 1.29 bits per heavy atom. The SMILES string of the molecule is [CH3][SnH]([CH3])[c]1nc(C(=O)O)c(-c2ccccc2)s1. The zero-order valence-electron chi connectivity index (χ0n) is 9.68. The first-order chi connectivity index (χ1) is 8.09. The third kappa shape index (κ3) is 2.69. The zero-order chi connectivity index (χ0) is 12.4. The van der Waals surface area contributed by atoms with E-state index in [1.165, 1.54) is 0 Å². The Morgan fingerprint density at radius 2 is 1.94 bits per heavy atom.